The highest BCUT2D eigenvalue weighted by Crippen LogP contribution is 2.14. The highest BCUT2D eigenvalue weighted by molar-refractivity contribution is 7.16. The van der Waals surface area contributed by atoms with E-state index in [1.807, 2.05) is 35.9 Å². The fourth-order valence-corrected chi connectivity index (χ4v) is 2.21. The second kappa shape index (κ2) is 3.04. The van der Waals surface area contributed by atoms with Crippen molar-refractivity contribution in [3.8, 4) is 6.19 Å². The first kappa shape index (κ1) is 8.02. The zero-order valence-corrected chi connectivity index (χ0v) is 7.88. The van der Waals surface area contributed by atoms with Gasteiger partial charge in [-0.05, 0) is 12.1 Å². The molecule has 1 heterocycles. The van der Waals surface area contributed by atoms with Crippen molar-refractivity contribution in [2.45, 2.75) is 0 Å². The predicted molar refractivity (Wildman–Crippen MR) is 52.0 cm³/mol. The van der Waals surface area contributed by atoms with E-state index in [0.717, 1.165) is 15.0 Å². The summed E-state index contributed by atoms with van der Waals surface area (Å²) in [5, 5.41) is 8.45. The van der Waals surface area contributed by atoms with E-state index in [1.165, 1.54) is 11.3 Å². The Balaban J connectivity index is 2.91. The topological polar surface area (TPSA) is 41.1 Å². The largest absolute Gasteiger partial charge is 0.319 e. The third-order valence-corrected chi connectivity index (χ3v) is 2.97. The summed E-state index contributed by atoms with van der Waals surface area (Å²) in [6.07, 6.45) is 1.80. The highest BCUT2D eigenvalue weighted by Gasteiger charge is 1.99. The van der Waals surface area contributed by atoms with Crippen LogP contribution in [0.3, 0.4) is 0 Å². The second-order valence-corrected chi connectivity index (χ2v) is 3.63. The van der Waals surface area contributed by atoms with Crippen LogP contribution < -0.4 is 4.80 Å². The van der Waals surface area contributed by atoms with Gasteiger partial charge in [0.1, 0.15) is 0 Å². The van der Waals surface area contributed by atoms with Gasteiger partial charge in [-0.15, -0.1) is 4.99 Å². The molecule has 1 aromatic heterocycles. The van der Waals surface area contributed by atoms with Crippen LogP contribution in [-0.4, -0.2) is 4.57 Å². The van der Waals surface area contributed by atoms with Crippen LogP contribution in [0.25, 0.3) is 10.2 Å². The molecular weight excluding hydrogens is 182 g/mol. The number of nitriles is 1. The van der Waals surface area contributed by atoms with Crippen LogP contribution in [0.5, 0.6) is 0 Å². The van der Waals surface area contributed by atoms with E-state index in [4.69, 9.17) is 5.26 Å². The van der Waals surface area contributed by atoms with E-state index in [-0.39, 0.29) is 0 Å². The van der Waals surface area contributed by atoms with Crippen LogP contribution in [-0.2, 0) is 7.05 Å². The maximum absolute atomic E-state index is 8.45. The minimum Gasteiger partial charge on any atom is -0.319 e. The molecule has 0 N–H and O–H groups in total. The van der Waals surface area contributed by atoms with E-state index in [0.29, 0.717) is 0 Å². The highest BCUT2D eigenvalue weighted by atomic mass is 32.1. The first-order valence-electron chi connectivity index (χ1n) is 3.80. The molecule has 0 unspecified atom stereocenters. The van der Waals surface area contributed by atoms with Crippen LogP contribution in [0.4, 0.5) is 0 Å². The van der Waals surface area contributed by atoms with Gasteiger partial charge in [0.05, 0.1) is 10.2 Å². The van der Waals surface area contributed by atoms with Gasteiger partial charge < -0.3 is 4.57 Å². The van der Waals surface area contributed by atoms with Crippen LogP contribution in [0.15, 0.2) is 29.3 Å². The lowest BCUT2D eigenvalue weighted by molar-refractivity contribution is 0.913. The van der Waals surface area contributed by atoms with E-state index < -0.39 is 0 Å². The molecule has 0 bridgehead atoms. The lowest BCUT2D eigenvalue weighted by Gasteiger charge is -1.91. The lowest BCUT2D eigenvalue weighted by Crippen LogP contribution is -2.08. The minimum atomic E-state index is 0.740. The Morgan fingerprint density at radius 3 is 2.92 bits per heavy atom. The molecule has 13 heavy (non-hydrogen) atoms. The van der Waals surface area contributed by atoms with Crippen LogP contribution >= 0.6 is 11.3 Å². The summed E-state index contributed by atoms with van der Waals surface area (Å²) in [4.78, 5) is 4.47. The third kappa shape index (κ3) is 1.23. The summed E-state index contributed by atoms with van der Waals surface area (Å²) < 4.78 is 3.07. The fraction of sp³-hybridized carbons (Fsp3) is 0.111. The van der Waals surface area contributed by atoms with Crippen molar-refractivity contribution in [1.29, 1.82) is 5.26 Å². The zero-order valence-electron chi connectivity index (χ0n) is 7.06. The van der Waals surface area contributed by atoms with Crippen LogP contribution in [0, 0.1) is 11.5 Å². The standard InChI is InChI=1S/C9H7N3S/c1-12-7-4-2-3-5-8(7)13-9(12)11-6-10/h2-5H,1H3. The van der Waals surface area contributed by atoms with Crippen molar-refractivity contribution in [1.82, 2.24) is 4.57 Å². The van der Waals surface area contributed by atoms with Gasteiger partial charge in [0.15, 0.2) is 0 Å². The predicted octanol–water partition coefficient (Wildman–Crippen LogP) is 1.62. The molecule has 0 amide bonds. The van der Waals surface area contributed by atoms with Crippen molar-refractivity contribution < 1.29 is 0 Å². The second-order valence-electron chi connectivity index (χ2n) is 2.62. The number of aromatic nitrogens is 1. The summed E-state index contributed by atoms with van der Waals surface area (Å²) >= 11 is 1.52. The van der Waals surface area contributed by atoms with Gasteiger partial charge in [-0.3, -0.25) is 0 Å². The Hall–Kier alpha value is -1.60. The van der Waals surface area contributed by atoms with Crippen LogP contribution in [0.1, 0.15) is 0 Å². The van der Waals surface area contributed by atoms with Crippen molar-refractivity contribution in [3.05, 3.63) is 29.1 Å². The molecule has 2 rings (SSSR count). The summed E-state index contributed by atoms with van der Waals surface area (Å²) in [5.41, 5.74) is 1.11. The maximum Gasteiger partial charge on any atom is 0.208 e. The molecular formula is C9H7N3S. The number of para-hydroxylation sites is 1. The van der Waals surface area contributed by atoms with Crippen molar-refractivity contribution in [2.24, 2.45) is 12.0 Å². The minimum absolute atomic E-state index is 0.740. The van der Waals surface area contributed by atoms with Crippen molar-refractivity contribution in [2.75, 3.05) is 0 Å². The number of thiazole rings is 1. The summed E-state index contributed by atoms with van der Waals surface area (Å²) in [5.74, 6) is 0. The SMILES string of the molecule is Cn1c(=NC#N)sc2ccccc21. The van der Waals surface area contributed by atoms with Gasteiger partial charge in [-0.1, -0.05) is 23.5 Å². The Morgan fingerprint density at radius 2 is 2.23 bits per heavy atom. The van der Waals surface area contributed by atoms with E-state index in [1.54, 1.807) is 6.19 Å². The first-order valence-corrected chi connectivity index (χ1v) is 4.62. The Bertz CT molecular complexity index is 542. The number of aryl methyl sites for hydroxylation is 1. The van der Waals surface area contributed by atoms with E-state index in [9.17, 15) is 0 Å². The number of benzene rings is 1. The van der Waals surface area contributed by atoms with Gasteiger partial charge in [-0.2, -0.15) is 5.26 Å². The monoisotopic (exact) mass is 189 g/mol. The Kier molecular flexibility index (Phi) is 1.87. The number of hydrogen-bond donors (Lipinski definition) is 0. The molecule has 2 aromatic rings. The average Bonchev–Trinajstić information content (AvgIpc) is 2.46. The number of fused-ring (bicyclic) bond motifs is 1. The van der Waals surface area contributed by atoms with Crippen molar-refractivity contribution in [3.63, 3.8) is 0 Å². The molecule has 0 saturated heterocycles. The average molecular weight is 189 g/mol. The summed E-state index contributed by atoms with van der Waals surface area (Å²) in [6.45, 7) is 0. The van der Waals surface area contributed by atoms with Gasteiger partial charge in [0.2, 0.25) is 11.0 Å². The number of nitrogens with zero attached hydrogens (tertiary/aromatic N) is 3. The zero-order chi connectivity index (χ0) is 9.26. The summed E-state index contributed by atoms with van der Waals surface area (Å²) in [7, 11) is 1.91. The molecule has 0 saturated carbocycles. The number of rotatable bonds is 0. The van der Waals surface area contributed by atoms with E-state index in [2.05, 4.69) is 4.99 Å². The van der Waals surface area contributed by atoms with Gasteiger partial charge in [0.25, 0.3) is 0 Å². The van der Waals surface area contributed by atoms with Gasteiger partial charge in [0, 0.05) is 7.05 Å². The molecule has 0 fully saturated rings. The van der Waals surface area contributed by atoms with E-state index >= 15 is 0 Å². The van der Waals surface area contributed by atoms with Gasteiger partial charge in [-0.25, -0.2) is 0 Å². The molecule has 1 aromatic carbocycles. The maximum atomic E-state index is 8.45. The lowest BCUT2D eigenvalue weighted by atomic mass is 10.3. The molecule has 0 aliphatic heterocycles. The molecule has 0 radical (unpaired) electrons. The molecule has 3 nitrogen and oxygen atoms in total. The summed E-state index contributed by atoms with van der Waals surface area (Å²) in [6, 6.07) is 8.00. The fourth-order valence-electron chi connectivity index (χ4n) is 1.23. The molecule has 0 atom stereocenters. The normalized spacial score (nSPS) is 11.8. The molecule has 64 valence electrons. The Morgan fingerprint density at radius 1 is 1.46 bits per heavy atom. The third-order valence-electron chi connectivity index (χ3n) is 1.86. The molecule has 0 aliphatic carbocycles. The molecule has 0 spiro atoms. The van der Waals surface area contributed by atoms with Crippen molar-refractivity contribution >= 4 is 21.6 Å². The van der Waals surface area contributed by atoms with Crippen LogP contribution in [0.2, 0.25) is 0 Å². The first-order chi connectivity index (χ1) is 6.33. The molecule has 0 aliphatic rings. The smallest absolute Gasteiger partial charge is 0.208 e. The molecule has 4 heteroatoms. The van der Waals surface area contributed by atoms with Gasteiger partial charge >= 0.3 is 0 Å². The Labute approximate surface area is 79.2 Å². The quantitative estimate of drug-likeness (QED) is 0.580. The number of hydrogen-bond acceptors (Lipinski definition) is 3.